The number of para-hydroxylation sites is 1. The molecule has 0 saturated carbocycles. The first-order valence-electron chi connectivity index (χ1n) is 26.9. The summed E-state index contributed by atoms with van der Waals surface area (Å²) >= 11 is 0. The van der Waals surface area contributed by atoms with E-state index in [2.05, 4.69) is 252 Å². The van der Waals surface area contributed by atoms with Crippen LogP contribution in [0.15, 0.2) is 235 Å². The van der Waals surface area contributed by atoms with Crippen LogP contribution < -0.4 is 0 Å². The zero-order valence-corrected chi connectivity index (χ0v) is 43.2. The molecule has 0 fully saturated rings. The summed E-state index contributed by atoms with van der Waals surface area (Å²) in [5.41, 5.74) is 25.1. The normalized spacial score (nSPS) is 13.9. The fraction of sp³-hybridized carbons (Fsp3) is 0.0811. The van der Waals surface area contributed by atoms with Gasteiger partial charge in [-0.1, -0.05) is 210 Å². The Bertz CT molecular complexity index is 4880. The summed E-state index contributed by atoms with van der Waals surface area (Å²) in [5, 5.41) is 9.20. The van der Waals surface area contributed by atoms with Gasteiger partial charge >= 0.3 is 0 Å². The van der Waals surface area contributed by atoms with Gasteiger partial charge in [0, 0.05) is 43.5 Å². The van der Waals surface area contributed by atoms with Crippen molar-refractivity contribution < 1.29 is 4.42 Å². The molecule has 3 heteroatoms. The van der Waals surface area contributed by atoms with E-state index in [1.807, 2.05) is 6.20 Å². The second-order valence-corrected chi connectivity index (χ2v) is 22.4. The maximum absolute atomic E-state index is 6.68. The van der Waals surface area contributed by atoms with E-state index in [0.29, 0.717) is 0 Å². The van der Waals surface area contributed by atoms with E-state index in [4.69, 9.17) is 14.4 Å². The minimum absolute atomic E-state index is 0.0971. The molecule has 0 N–H and O–H groups in total. The Labute approximate surface area is 446 Å². The Kier molecular flexibility index (Phi) is 9.15. The highest BCUT2D eigenvalue weighted by Crippen LogP contribution is 2.52. The van der Waals surface area contributed by atoms with Crippen LogP contribution in [0, 0.1) is 0 Å². The summed E-state index contributed by atoms with van der Waals surface area (Å²) in [6.45, 7) is 9.41. The number of rotatable bonds is 5. The molecule has 0 spiro atoms. The molecular formula is C74H50N2O. The van der Waals surface area contributed by atoms with Crippen LogP contribution in [0.2, 0.25) is 0 Å². The first-order valence-corrected chi connectivity index (χ1v) is 26.9. The Morgan fingerprint density at radius 3 is 1.49 bits per heavy atom. The van der Waals surface area contributed by atoms with E-state index in [-0.39, 0.29) is 10.8 Å². The fourth-order valence-electron chi connectivity index (χ4n) is 13.5. The van der Waals surface area contributed by atoms with Crippen LogP contribution in [-0.2, 0) is 10.8 Å². The summed E-state index contributed by atoms with van der Waals surface area (Å²) in [6, 6.07) is 82.5. The molecular weight excluding hydrogens is 933 g/mol. The van der Waals surface area contributed by atoms with Crippen LogP contribution in [-0.4, -0.2) is 9.97 Å². The topological polar surface area (TPSA) is 38.9 Å². The maximum atomic E-state index is 6.68. The van der Waals surface area contributed by atoms with Crippen LogP contribution in [0.1, 0.15) is 49.9 Å². The minimum atomic E-state index is -0.105. The lowest BCUT2D eigenvalue weighted by Gasteiger charge is -2.22. The highest BCUT2D eigenvalue weighted by Gasteiger charge is 2.36. The van der Waals surface area contributed by atoms with E-state index in [1.165, 1.54) is 66.4 Å². The van der Waals surface area contributed by atoms with Crippen molar-refractivity contribution >= 4 is 65.3 Å². The zero-order chi connectivity index (χ0) is 51.3. The van der Waals surface area contributed by atoms with Gasteiger partial charge in [-0.3, -0.25) is 4.98 Å². The average molecular weight is 983 g/mol. The van der Waals surface area contributed by atoms with Gasteiger partial charge in [0.25, 0.3) is 0 Å². The molecule has 0 atom stereocenters. The number of nitrogens with zero attached hydrogens (tertiary/aromatic N) is 2. The van der Waals surface area contributed by atoms with Crippen LogP contribution in [0.3, 0.4) is 0 Å². The van der Waals surface area contributed by atoms with Crippen LogP contribution in [0.25, 0.3) is 143 Å². The monoisotopic (exact) mass is 982 g/mol. The second-order valence-electron chi connectivity index (χ2n) is 22.4. The second kappa shape index (κ2) is 16.0. The van der Waals surface area contributed by atoms with Crippen molar-refractivity contribution in [1.29, 1.82) is 0 Å². The van der Waals surface area contributed by atoms with Gasteiger partial charge in [0.15, 0.2) is 0 Å². The summed E-state index contributed by atoms with van der Waals surface area (Å²) in [7, 11) is 0. The van der Waals surface area contributed by atoms with Crippen molar-refractivity contribution in [2.75, 3.05) is 0 Å². The molecule has 2 aromatic heterocycles. The third-order valence-corrected chi connectivity index (χ3v) is 17.5. The molecule has 0 saturated heterocycles. The van der Waals surface area contributed by atoms with Crippen LogP contribution >= 0.6 is 0 Å². The van der Waals surface area contributed by atoms with Gasteiger partial charge in [0.1, 0.15) is 11.2 Å². The van der Waals surface area contributed by atoms with Gasteiger partial charge < -0.3 is 4.42 Å². The molecule has 12 aromatic carbocycles. The van der Waals surface area contributed by atoms with Crippen molar-refractivity contribution in [2.24, 2.45) is 0 Å². The smallest absolute Gasteiger partial charge is 0.143 e. The van der Waals surface area contributed by atoms with E-state index in [0.717, 1.165) is 99.2 Å². The number of benzene rings is 12. The molecule has 14 aromatic rings. The molecule has 3 nitrogen and oxygen atoms in total. The van der Waals surface area contributed by atoms with Crippen LogP contribution in [0.5, 0.6) is 0 Å². The average Bonchev–Trinajstić information content (AvgIpc) is 4.25. The molecule has 0 unspecified atom stereocenters. The Morgan fingerprint density at radius 2 is 0.818 bits per heavy atom. The van der Waals surface area contributed by atoms with Crippen molar-refractivity contribution in [2.45, 2.75) is 38.5 Å². The summed E-state index contributed by atoms with van der Waals surface area (Å²) in [5.74, 6) is 0. The van der Waals surface area contributed by atoms with E-state index >= 15 is 0 Å². The molecule has 0 radical (unpaired) electrons. The van der Waals surface area contributed by atoms with Crippen molar-refractivity contribution in [1.82, 2.24) is 9.97 Å². The third kappa shape index (κ3) is 6.44. The van der Waals surface area contributed by atoms with E-state index < -0.39 is 0 Å². The van der Waals surface area contributed by atoms with Gasteiger partial charge in [-0.15, -0.1) is 0 Å². The molecule has 2 aliphatic carbocycles. The number of hydrogen-bond acceptors (Lipinski definition) is 3. The third-order valence-electron chi connectivity index (χ3n) is 17.5. The summed E-state index contributed by atoms with van der Waals surface area (Å²) < 4.78 is 6.68. The Morgan fingerprint density at radius 1 is 0.325 bits per heavy atom. The molecule has 77 heavy (non-hydrogen) atoms. The lowest BCUT2D eigenvalue weighted by Crippen LogP contribution is -2.14. The Balaban J connectivity index is 0.837. The van der Waals surface area contributed by atoms with Gasteiger partial charge in [-0.05, 0) is 147 Å². The predicted molar refractivity (Wildman–Crippen MR) is 322 cm³/mol. The number of aromatic nitrogens is 2. The number of hydrogen-bond donors (Lipinski definition) is 0. The lowest BCUT2D eigenvalue weighted by atomic mass is 9.81. The van der Waals surface area contributed by atoms with Crippen LogP contribution in [0.4, 0.5) is 0 Å². The summed E-state index contributed by atoms with van der Waals surface area (Å²) in [4.78, 5) is 11.1. The highest BCUT2D eigenvalue weighted by molar-refractivity contribution is 6.24. The standard InChI is InChI=1S/C74H50N2O/c1-73(2)63-24-9-7-20-56(63)58-33-28-48(40-65(58)73)46-26-31-54-55-32-27-47(49-29-34-59-57-21-8-10-25-64(57)74(3,4)66(59)41-49)39-62(55)71-70(61(54)38-46)75-42-67(76-71)51-18-12-16-45(37-51)44-15-11-17-50(36-44)53-22-13-23-60-69-52-19-6-5-14-43(52)30-35-68(69)77-72(53)60/h5-42H,1-4H3. The van der Waals surface area contributed by atoms with Crippen molar-refractivity contribution in [3.8, 4) is 78.0 Å². The van der Waals surface area contributed by atoms with Gasteiger partial charge in [0.2, 0.25) is 0 Å². The Hall–Kier alpha value is -9.44. The SMILES string of the molecule is CC1(C)c2ccccc2-c2ccc(-c3ccc4c5ccc(-c6ccc7c(c6)C(C)(C)c6ccccc6-7)cc5c5nc(-c6cccc(-c7cccc(-c8cccc9c8oc8ccc%10ccccc%10c89)c7)c6)cnc5c4c3)cc21. The molecule has 0 amide bonds. The zero-order valence-electron chi connectivity index (χ0n) is 43.2. The largest absolute Gasteiger partial charge is 0.455 e. The number of fused-ring (bicyclic) bond motifs is 17. The van der Waals surface area contributed by atoms with Gasteiger partial charge in [0.05, 0.1) is 22.9 Å². The molecule has 0 bridgehead atoms. The minimum Gasteiger partial charge on any atom is -0.455 e. The molecule has 2 heterocycles. The predicted octanol–water partition coefficient (Wildman–Crippen LogP) is 19.9. The summed E-state index contributed by atoms with van der Waals surface area (Å²) in [6.07, 6.45) is 1.97. The van der Waals surface area contributed by atoms with Gasteiger partial charge in [-0.25, -0.2) is 4.98 Å². The molecule has 16 rings (SSSR count). The quantitative estimate of drug-likeness (QED) is 0.161. The highest BCUT2D eigenvalue weighted by atomic mass is 16.3. The van der Waals surface area contributed by atoms with Crippen molar-refractivity contribution in [3.05, 3.63) is 253 Å². The number of furan rings is 1. The first-order chi connectivity index (χ1) is 37.7. The maximum Gasteiger partial charge on any atom is 0.143 e. The molecule has 2 aliphatic rings. The fourth-order valence-corrected chi connectivity index (χ4v) is 13.5. The first kappa shape index (κ1) is 43.9. The van der Waals surface area contributed by atoms with E-state index in [1.54, 1.807) is 0 Å². The van der Waals surface area contributed by atoms with Gasteiger partial charge in [-0.2, -0.15) is 0 Å². The molecule has 362 valence electrons. The van der Waals surface area contributed by atoms with Crippen molar-refractivity contribution in [3.63, 3.8) is 0 Å². The molecule has 0 aliphatic heterocycles. The van der Waals surface area contributed by atoms with E-state index in [9.17, 15) is 0 Å². The lowest BCUT2D eigenvalue weighted by molar-refractivity contribution is 0.660.